The average molecular weight is 359 g/mol. The fourth-order valence-corrected chi connectivity index (χ4v) is 3.98. The van der Waals surface area contributed by atoms with E-state index in [1.807, 2.05) is 0 Å². The summed E-state index contributed by atoms with van der Waals surface area (Å²) in [6.07, 6.45) is 7.96. The fourth-order valence-electron chi connectivity index (χ4n) is 3.61. The van der Waals surface area contributed by atoms with Crippen molar-refractivity contribution in [2.75, 3.05) is 7.11 Å². The molecule has 0 radical (unpaired) electrons. The van der Waals surface area contributed by atoms with Crippen molar-refractivity contribution in [2.45, 2.75) is 31.9 Å². The first-order chi connectivity index (χ1) is 10.8. The number of methoxy groups -OCH3 is 1. The van der Waals surface area contributed by atoms with E-state index in [1.165, 1.54) is 40.6 Å². The van der Waals surface area contributed by atoms with Gasteiger partial charge in [-0.1, -0.05) is 15.9 Å². The van der Waals surface area contributed by atoms with E-state index < -0.39 is 0 Å². The number of H-pyrrole nitrogens is 1. The first kappa shape index (κ1) is 14.1. The van der Waals surface area contributed by atoms with Gasteiger partial charge in [-0.05, 0) is 54.7 Å². The highest BCUT2D eigenvalue weighted by atomic mass is 79.9. The molecule has 1 aliphatic carbocycles. The van der Waals surface area contributed by atoms with Crippen LogP contribution in [0.3, 0.4) is 0 Å². The number of halogens is 1. The summed E-state index contributed by atoms with van der Waals surface area (Å²) in [5, 5.41) is 1.36. The zero-order valence-corrected chi connectivity index (χ0v) is 14.2. The van der Waals surface area contributed by atoms with Crippen molar-refractivity contribution in [3.8, 4) is 0 Å². The summed E-state index contributed by atoms with van der Waals surface area (Å²) in [5.74, 6) is 0. The molecule has 1 aliphatic rings. The Bertz CT molecular complexity index is 818. The van der Waals surface area contributed by atoms with Gasteiger partial charge in [-0.2, -0.15) is 0 Å². The van der Waals surface area contributed by atoms with Crippen LogP contribution in [-0.4, -0.2) is 16.7 Å². The molecule has 0 spiro atoms. The lowest BCUT2D eigenvalue weighted by molar-refractivity contribution is 0.185. The summed E-state index contributed by atoms with van der Waals surface area (Å²) in [4.78, 5) is 3.66. The molecule has 1 N–H and O–H groups in total. The van der Waals surface area contributed by atoms with Crippen LogP contribution in [0.15, 0.2) is 41.1 Å². The number of nitrogens with zero attached hydrogens (tertiary/aromatic N) is 1. The van der Waals surface area contributed by atoms with Gasteiger partial charge in [0.1, 0.15) is 0 Å². The van der Waals surface area contributed by atoms with E-state index in [-0.39, 0.29) is 0 Å². The minimum atomic E-state index is 0.403. The lowest BCUT2D eigenvalue weighted by atomic mass is 9.91. The molecule has 0 aliphatic heterocycles. The number of fused-ring (bicyclic) bond motifs is 3. The highest BCUT2D eigenvalue weighted by molar-refractivity contribution is 9.10. The fraction of sp³-hybridized carbons (Fsp3) is 0.333. The standard InChI is InChI=1S/C18H19BrN2O/c1-22-11-12-7-8-21(10-12)17-4-2-3-14-15-9-13(19)5-6-16(15)20-18(14)17/h5-10,17,20H,2-4,11H2,1H3. The highest BCUT2D eigenvalue weighted by Crippen LogP contribution is 2.37. The summed E-state index contributed by atoms with van der Waals surface area (Å²) < 4.78 is 8.71. The number of ether oxygens (including phenoxy) is 1. The molecular weight excluding hydrogens is 340 g/mol. The molecule has 4 rings (SSSR count). The number of aromatic amines is 1. The Morgan fingerprint density at radius 3 is 3.14 bits per heavy atom. The molecular formula is C18H19BrN2O. The summed E-state index contributed by atoms with van der Waals surface area (Å²) in [5.41, 5.74) is 5.33. The molecule has 1 unspecified atom stereocenters. The molecule has 2 aromatic heterocycles. The first-order valence-electron chi connectivity index (χ1n) is 7.71. The molecule has 2 heterocycles. The van der Waals surface area contributed by atoms with Crippen LogP contribution in [0, 0.1) is 0 Å². The number of rotatable bonds is 3. The number of hydrogen-bond acceptors (Lipinski definition) is 1. The predicted octanol–water partition coefficient (Wildman–Crippen LogP) is 4.80. The second kappa shape index (κ2) is 5.60. The van der Waals surface area contributed by atoms with Crippen molar-refractivity contribution in [1.29, 1.82) is 0 Å². The Labute approximate surface area is 138 Å². The maximum absolute atomic E-state index is 5.23. The van der Waals surface area contributed by atoms with Gasteiger partial charge in [0.25, 0.3) is 0 Å². The molecule has 114 valence electrons. The molecule has 0 amide bonds. The van der Waals surface area contributed by atoms with Crippen molar-refractivity contribution in [3.63, 3.8) is 0 Å². The van der Waals surface area contributed by atoms with Crippen molar-refractivity contribution in [2.24, 2.45) is 0 Å². The van der Waals surface area contributed by atoms with Crippen molar-refractivity contribution < 1.29 is 4.74 Å². The average Bonchev–Trinajstić information content (AvgIpc) is 3.12. The summed E-state index contributed by atoms with van der Waals surface area (Å²) >= 11 is 3.59. The SMILES string of the molecule is COCc1ccn(C2CCCc3c2[nH]c2ccc(Br)cc32)c1. The molecule has 3 aromatic rings. The minimum absolute atomic E-state index is 0.403. The minimum Gasteiger partial charge on any atom is -0.380 e. The number of benzene rings is 1. The molecule has 1 aromatic carbocycles. The van der Waals surface area contributed by atoms with Crippen LogP contribution in [0.5, 0.6) is 0 Å². The zero-order chi connectivity index (χ0) is 15.1. The Morgan fingerprint density at radius 2 is 2.27 bits per heavy atom. The van der Waals surface area contributed by atoms with Gasteiger partial charge in [0, 0.05) is 40.6 Å². The number of aromatic nitrogens is 2. The first-order valence-corrected chi connectivity index (χ1v) is 8.51. The molecule has 1 atom stereocenters. The number of nitrogens with one attached hydrogen (secondary N) is 1. The molecule has 0 saturated carbocycles. The van der Waals surface area contributed by atoms with Crippen LogP contribution >= 0.6 is 15.9 Å². The van der Waals surface area contributed by atoms with E-state index in [9.17, 15) is 0 Å². The molecule has 0 fully saturated rings. The largest absolute Gasteiger partial charge is 0.380 e. The van der Waals surface area contributed by atoms with Gasteiger partial charge in [-0.3, -0.25) is 0 Å². The van der Waals surface area contributed by atoms with E-state index in [1.54, 1.807) is 7.11 Å². The van der Waals surface area contributed by atoms with E-state index in [2.05, 4.69) is 62.1 Å². The van der Waals surface area contributed by atoms with E-state index in [0.717, 1.165) is 10.9 Å². The lowest BCUT2D eigenvalue weighted by Crippen LogP contribution is -2.15. The third-order valence-corrected chi connectivity index (χ3v) is 5.08. The smallest absolute Gasteiger partial charge is 0.0732 e. The van der Waals surface area contributed by atoms with Crippen LogP contribution in [0.2, 0.25) is 0 Å². The van der Waals surface area contributed by atoms with Crippen LogP contribution in [0.4, 0.5) is 0 Å². The van der Waals surface area contributed by atoms with Gasteiger partial charge < -0.3 is 14.3 Å². The third-order valence-electron chi connectivity index (χ3n) is 4.59. The van der Waals surface area contributed by atoms with Crippen molar-refractivity contribution in [3.05, 3.63) is 58.0 Å². The lowest BCUT2D eigenvalue weighted by Gasteiger charge is -2.24. The van der Waals surface area contributed by atoms with E-state index >= 15 is 0 Å². The van der Waals surface area contributed by atoms with Gasteiger partial charge in [0.2, 0.25) is 0 Å². The third kappa shape index (κ3) is 2.31. The topological polar surface area (TPSA) is 29.9 Å². The van der Waals surface area contributed by atoms with Gasteiger partial charge in [0.15, 0.2) is 0 Å². The van der Waals surface area contributed by atoms with Crippen LogP contribution < -0.4 is 0 Å². The molecule has 3 nitrogen and oxygen atoms in total. The summed E-state index contributed by atoms with van der Waals surface area (Å²) in [6.45, 7) is 0.673. The van der Waals surface area contributed by atoms with E-state index in [4.69, 9.17) is 4.74 Å². The Morgan fingerprint density at radius 1 is 1.36 bits per heavy atom. The second-order valence-electron chi connectivity index (χ2n) is 6.02. The summed E-state index contributed by atoms with van der Waals surface area (Å²) in [6, 6.07) is 9.06. The molecule has 22 heavy (non-hydrogen) atoms. The van der Waals surface area contributed by atoms with Crippen LogP contribution in [0.1, 0.15) is 35.7 Å². The van der Waals surface area contributed by atoms with Crippen LogP contribution in [-0.2, 0) is 17.8 Å². The zero-order valence-electron chi connectivity index (χ0n) is 12.6. The van der Waals surface area contributed by atoms with Gasteiger partial charge >= 0.3 is 0 Å². The van der Waals surface area contributed by atoms with Gasteiger partial charge in [0.05, 0.1) is 12.6 Å². The molecule has 0 bridgehead atoms. The Kier molecular flexibility index (Phi) is 3.59. The van der Waals surface area contributed by atoms with Gasteiger partial charge in [-0.25, -0.2) is 0 Å². The molecule has 0 saturated heterocycles. The Balaban J connectivity index is 1.79. The van der Waals surface area contributed by atoms with E-state index in [0.29, 0.717) is 12.6 Å². The van der Waals surface area contributed by atoms with Crippen molar-refractivity contribution >= 4 is 26.8 Å². The predicted molar refractivity (Wildman–Crippen MR) is 92.2 cm³/mol. The summed E-state index contributed by atoms with van der Waals surface area (Å²) in [7, 11) is 1.74. The monoisotopic (exact) mass is 358 g/mol. The van der Waals surface area contributed by atoms with Crippen LogP contribution in [0.25, 0.3) is 10.9 Å². The van der Waals surface area contributed by atoms with Gasteiger partial charge in [-0.15, -0.1) is 0 Å². The second-order valence-corrected chi connectivity index (χ2v) is 6.93. The molecule has 4 heteroatoms. The maximum atomic E-state index is 5.23. The number of hydrogen-bond donors (Lipinski definition) is 1. The quantitative estimate of drug-likeness (QED) is 0.715. The Hall–Kier alpha value is -1.52. The normalized spacial score (nSPS) is 17.8. The maximum Gasteiger partial charge on any atom is 0.0732 e. The highest BCUT2D eigenvalue weighted by Gasteiger charge is 2.25. The van der Waals surface area contributed by atoms with Crippen molar-refractivity contribution in [1.82, 2.24) is 9.55 Å². The number of aryl methyl sites for hydroxylation is 1.